The molecule has 9 heteroatoms. The van der Waals surface area contributed by atoms with E-state index in [9.17, 15) is 9.59 Å². The van der Waals surface area contributed by atoms with Gasteiger partial charge in [-0.25, -0.2) is 4.98 Å². The quantitative estimate of drug-likeness (QED) is 0.279. The minimum Gasteiger partial charge on any atom is -0.349 e. The van der Waals surface area contributed by atoms with E-state index >= 15 is 0 Å². The molecule has 31 heavy (non-hydrogen) atoms. The number of nitrogens with zero attached hydrogens (tertiary/aromatic N) is 4. The van der Waals surface area contributed by atoms with Gasteiger partial charge in [-0.15, -0.1) is 6.58 Å². The molecule has 0 radical (unpaired) electrons. The number of benzene rings is 1. The summed E-state index contributed by atoms with van der Waals surface area (Å²) in [5, 5.41) is 4.13. The number of hydrogen-bond acceptors (Lipinski definition) is 7. The molecular formula is C22H27N5O2S2. The molecule has 0 atom stereocenters. The van der Waals surface area contributed by atoms with Crippen molar-refractivity contribution in [1.82, 2.24) is 14.5 Å². The number of rotatable bonds is 10. The van der Waals surface area contributed by atoms with Crippen LogP contribution in [0.2, 0.25) is 0 Å². The minimum atomic E-state index is -0.157. The monoisotopic (exact) mass is 457 g/mol. The number of carbonyl (C=O) groups excluding carboxylic acids is 1. The van der Waals surface area contributed by atoms with E-state index in [0.717, 1.165) is 30.3 Å². The van der Waals surface area contributed by atoms with E-state index in [1.54, 1.807) is 10.6 Å². The normalized spacial score (nSPS) is 10.9. The molecule has 0 saturated heterocycles. The number of aromatic nitrogens is 3. The molecule has 7 nitrogen and oxygen atoms in total. The number of nitrogens with one attached hydrogen (secondary N) is 1. The van der Waals surface area contributed by atoms with Gasteiger partial charge in [-0.2, -0.15) is 4.98 Å². The van der Waals surface area contributed by atoms with E-state index in [1.165, 1.54) is 28.7 Å². The molecule has 1 amide bonds. The number of aryl methyl sites for hydroxylation is 1. The first-order chi connectivity index (χ1) is 15.0. The van der Waals surface area contributed by atoms with Gasteiger partial charge in [0.2, 0.25) is 5.91 Å². The first-order valence-electron chi connectivity index (χ1n) is 10.3. The van der Waals surface area contributed by atoms with Crippen molar-refractivity contribution in [2.75, 3.05) is 29.1 Å². The zero-order valence-corrected chi connectivity index (χ0v) is 19.7. The predicted octanol–water partition coefficient (Wildman–Crippen LogP) is 4.18. The first kappa shape index (κ1) is 23.0. The third kappa shape index (κ3) is 5.34. The van der Waals surface area contributed by atoms with Gasteiger partial charge in [0.25, 0.3) is 5.56 Å². The Kier molecular flexibility index (Phi) is 7.86. The summed E-state index contributed by atoms with van der Waals surface area (Å²) in [7, 11) is 0. The van der Waals surface area contributed by atoms with Crippen LogP contribution in [0.4, 0.5) is 10.8 Å². The third-order valence-corrected chi connectivity index (χ3v) is 6.86. The van der Waals surface area contributed by atoms with Crippen molar-refractivity contribution in [2.24, 2.45) is 0 Å². The van der Waals surface area contributed by atoms with Crippen molar-refractivity contribution in [1.29, 1.82) is 0 Å². The molecule has 2 aromatic heterocycles. The highest BCUT2D eigenvalue weighted by Gasteiger charge is 2.18. The summed E-state index contributed by atoms with van der Waals surface area (Å²) in [5.41, 5.74) is 2.23. The predicted molar refractivity (Wildman–Crippen MR) is 131 cm³/mol. The van der Waals surface area contributed by atoms with Crippen molar-refractivity contribution in [3.63, 3.8) is 0 Å². The Bertz CT molecular complexity index is 1120. The van der Waals surface area contributed by atoms with Crippen LogP contribution in [0.5, 0.6) is 0 Å². The standard InChI is InChI=1S/C22H27N5O2S2/c1-5-13-27-20(29)18-19(24-21(31-18)26(7-3)8-4)25-22(27)30-14-17(28)23-16-11-9-15(6-2)10-12-16/h5,9-12H,1,6-8,13-14H2,2-4H3,(H,23,28). The molecule has 0 fully saturated rings. The van der Waals surface area contributed by atoms with E-state index in [1.807, 2.05) is 24.3 Å². The van der Waals surface area contributed by atoms with Gasteiger partial charge in [-0.05, 0) is 38.0 Å². The summed E-state index contributed by atoms with van der Waals surface area (Å²) < 4.78 is 2.07. The molecule has 0 saturated carbocycles. The van der Waals surface area contributed by atoms with Gasteiger partial charge in [0.1, 0.15) is 4.70 Å². The zero-order valence-electron chi connectivity index (χ0n) is 18.1. The SMILES string of the molecule is C=CCn1c(SCC(=O)Nc2ccc(CC)cc2)nc2nc(N(CC)CC)sc2c1=O. The second-order valence-corrected chi connectivity index (χ2v) is 8.73. The maximum absolute atomic E-state index is 13.1. The highest BCUT2D eigenvalue weighted by Crippen LogP contribution is 2.27. The van der Waals surface area contributed by atoms with Gasteiger partial charge < -0.3 is 10.2 Å². The fourth-order valence-corrected chi connectivity index (χ4v) is 4.94. The average Bonchev–Trinajstić information content (AvgIpc) is 3.20. The number of amides is 1. The summed E-state index contributed by atoms with van der Waals surface area (Å²) in [6, 6.07) is 7.78. The van der Waals surface area contributed by atoms with Crippen molar-refractivity contribution in [2.45, 2.75) is 38.9 Å². The highest BCUT2D eigenvalue weighted by molar-refractivity contribution is 7.99. The average molecular weight is 458 g/mol. The van der Waals surface area contributed by atoms with Crippen LogP contribution in [0.25, 0.3) is 10.3 Å². The lowest BCUT2D eigenvalue weighted by Gasteiger charge is -2.15. The van der Waals surface area contributed by atoms with E-state index in [-0.39, 0.29) is 17.2 Å². The van der Waals surface area contributed by atoms with E-state index in [0.29, 0.717) is 22.0 Å². The summed E-state index contributed by atoms with van der Waals surface area (Å²) in [6.07, 6.45) is 2.60. The first-order valence-corrected chi connectivity index (χ1v) is 12.1. The lowest BCUT2D eigenvalue weighted by Crippen LogP contribution is -2.23. The van der Waals surface area contributed by atoms with E-state index in [2.05, 4.69) is 47.5 Å². The Hall–Kier alpha value is -2.65. The molecule has 0 aliphatic carbocycles. The second kappa shape index (κ2) is 10.6. The van der Waals surface area contributed by atoms with Crippen LogP contribution in [-0.2, 0) is 17.8 Å². The fourth-order valence-electron chi connectivity index (χ4n) is 3.06. The number of thioether (sulfide) groups is 1. The summed E-state index contributed by atoms with van der Waals surface area (Å²) in [5.74, 6) is -0.0200. The highest BCUT2D eigenvalue weighted by atomic mass is 32.2. The number of hydrogen-bond donors (Lipinski definition) is 1. The van der Waals surface area contributed by atoms with Gasteiger partial charge in [-0.1, -0.05) is 48.2 Å². The molecule has 0 unspecified atom stereocenters. The van der Waals surface area contributed by atoms with Crippen molar-refractivity contribution in [3.05, 3.63) is 52.8 Å². The van der Waals surface area contributed by atoms with Crippen molar-refractivity contribution < 1.29 is 4.79 Å². The lowest BCUT2D eigenvalue weighted by atomic mass is 10.1. The number of thiazole rings is 1. The molecule has 0 aliphatic heterocycles. The van der Waals surface area contributed by atoms with Crippen LogP contribution < -0.4 is 15.8 Å². The van der Waals surface area contributed by atoms with Crippen molar-refractivity contribution in [3.8, 4) is 0 Å². The van der Waals surface area contributed by atoms with Gasteiger partial charge in [0.15, 0.2) is 15.9 Å². The molecular weight excluding hydrogens is 430 g/mol. The fraction of sp³-hybridized carbons (Fsp3) is 0.364. The second-order valence-electron chi connectivity index (χ2n) is 6.81. The van der Waals surface area contributed by atoms with Crippen LogP contribution in [0.15, 0.2) is 46.9 Å². The largest absolute Gasteiger partial charge is 0.349 e. The van der Waals surface area contributed by atoms with Crippen LogP contribution in [0.3, 0.4) is 0 Å². The lowest BCUT2D eigenvalue weighted by molar-refractivity contribution is -0.113. The van der Waals surface area contributed by atoms with Crippen LogP contribution >= 0.6 is 23.1 Å². The molecule has 0 aliphatic rings. The van der Waals surface area contributed by atoms with Gasteiger partial charge >= 0.3 is 0 Å². The Labute approximate surface area is 190 Å². The van der Waals surface area contributed by atoms with Gasteiger partial charge in [-0.3, -0.25) is 14.2 Å². The molecule has 3 rings (SSSR count). The number of allylic oxidation sites excluding steroid dienone is 1. The van der Waals surface area contributed by atoms with Gasteiger partial charge in [0, 0.05) is 25.3 Å². The zero-order chi connectivity index (χ0) is 22.4. The van der Waals surface area contributed by atoms with Crippen LogP contribution in [0.1, 0.15) is 26.3 Å². The molecule has 164 valence electrons. The van der Waals surface area contributed by atoms with Gasteiger partial charge in [0.05, 0.1) is 5.75 Å². The van der Waals surface area contributed by atoms with Crippen LogP contribution in [0, 0.1) is 0 Å². The molecule has 3 aromatic rings. The summed E-state index contributed by atoms with van der Waals surface area (Å²) in [4.78, 5) is 36.8. The Balaban J connectivity index is 1.82. The maximum Gasteiger partial charge on any atom is 0.274 e. The molecule has 2 heterocycles. The maximum atomic E-state index is 13.1. The van der Waals surface area contributed by atoms with E-state index < -0.39 is 0 Å². The Morgan fingerprint density at radius 3 is 2.55 bits per heavy atom. The van der Waals surface area contributed by atoms with E-state index in [4.69, 9.17) is 0 Å². The summed E-state index contributed by atoms with van der Waals surface area (Å²) >= 11 is 2.58. The topological polar surface area (TPSA) is 80.1 Å². The third-order valence-electron chi connectivity index (χ3n) is 4.79. The van der Waals surface area contributed by atoms with Crippen LogP contribution in [-0.4, -0.2) is 39.3 Å². The summed E-state index contributed by atoms with van der Waals surface area (Å²) in [6.45, 7) is 11.9. The number of fused-ring (bicyclic) bond motifs is 1. The molecule has 0 bridgehead atoms. The van der Waals surface area contributed by atoms with Crippen molar-refractivity contribution >= 4 is 50.2 Å². The Morgan fingerprint density at radius 1 is 1.23 bits per heavy atom. The number of carbonyl (C=O) groups is 1. The Morgan fingerprint density at radius 2 is 1.94 bits per heavy atom. The number of anilines is 2. The molecule has 1 N–H and O–H groups in total. The molecule has 1 aromatic carbocycles. The molecule has 0 spiro atoms. The smallest absolute Gasteiger partial charge is 0.274 e. The minimum absolute atomic E-state index is 0.137.